The van der Waals surface area contributed by atoms with E-state index < -0.39 is 23.8 Å². The van der Waals surface area contributed by atoms with E-state index in [2.05, 4.69) is 16.2 Å². The summed E-state index contributed by atoms with van der Waals surface area (Å²) in [5.41, 5.74) is 5.00. The lowest BCUT2D eigenvalue weighted by Gasteiger charge is -2.18. The molecule has 1 aromatic heterocycles. The lowest BCUT2D eigenvalue weighted by molar-refractivity contribution is -0.130. The van der Waals surface area contributed by atoms with Gasteiger partial charge < -0.3 is 14.5 Å². The molecule has 2 rings (SSSR count). The van der Waals surface area contributed by atoms with E-state index in [1.54, 1.807) is 30.3 Å². The number of carbonyl (C=O) groups is 3. The Morgan fingerprint density at radius 3 is 2.59 bits per heavy atom. The van der Waals surface area contributed by atoms with Gasteiger partial charge in [-0.25, -0.2) is 0 Å². The van der Waals surface area contributed by atoms with Crippen molar-refractivity contribution in [2.24, 2.45) is 0 Å². The molecule has 1 aromatic carbocycles. The maximum atomic E-state index is 12.4. The van der Waals surface area contributed by atoms with Crippen molar-refractivity contribution in [1.29, 1.82) is 5.26 Å². The number of nitrogens with one attached hydrogen (secondary N) is 3. The first kappa shape index (κ1) is 21.8. The lowest BCUT2D eigenvalue weighted by Crippen LogP contribution is -2.53. The van der Waals surface area contributed by atoms with Gasteiger partial charge in [0.1, 0.15) is 11.8 Å². The molecular formula is C19H20N4O5S. The molecule has 1 atom stereocenters. The molecule has 0 saturated carbocycles. The number of furan rings is 1. The van der Waals surface area contributed by atoms with Gasteiger partial charge in [0.05, 0.1) is 17.9 Å². The monoisotopic (exact) mass is 416 g/mol. The molecule has 9 nitrogen and oxygen atoms in total. The molecule has 0 aliphatic rings. The number of hydrazine groups is 1. The normalized spacial score (nSPS) is 11.0. The molecule has 0 bridgehead atoms. The van der Waals surface area contributed by atoms with E-state index in [1.807, 2.05) is 12.3 Å². The maximum absolute atomic E-state index is 12.4. The van der Waals surface area contributed by atoms with Crippen molar-refractivity contribution in [3.05, 3.63) is 54.0 Å². The summed E-state index contributed by atoms with van der Waals surface area (Å²) in [6.07, 6.45) is 3.61. The molecular weight excluding hydrogens is 396 g/mol. The minimum Gasteiger partial charge on any atom is -0.484 e. The zero-order chi connectivity index (χ0) is 21.1. The molecule has 0 saturated heterocycles. The van der Waals surface area contributed by atoms with E-state index in [4.69, 9.17) is 14.4 Å². The molecule has 0 spiro atoms. The predicted molar refractivity (Wildman–Crippen MR) is 106 cm³/mol. The van der Waals surface area contributed by atoms with E-state index >= 15 is 0 Å². The number of carbonyl (C=O) groups excluding carboxylic acids is 3. The number of ether oxygens (including phenoxy) is 1. The summed E-state index contributed by atoms with van der Waals surface area (Å²) in [5.74, 6) is -0.534. The van der Waals surface area contributed by atoms with Gasteiger partial charge in [-0.2, -0.15) is 17.0 Å². The number of benzene rings is 1. The predicted octanol–water partition coefficient (Wildman–Crippen LogP) is 1.23. The van der Waals surface area contributed by atoms with Crippen LogP contribution in [0.25, 0.3) is 0 Å². The minimum atomic E-state index is -0.847. The zero-order valence-corrected chi connectivity index (χ0v) is 16.5. The summed E-state index contributed by atoms with van der Waals surface area (Å²) in [7, 11) is 0. The number of nitrogens with zero attached hydrogens (tertiary/aromatic N) is 1. The Balaban J connectivity index is 1.81. The Labute approximate surface area is 171 Å². The minimum absolute atomic E-state index is 0.0896. The maximum Gasteiger partial charge on any atom is 0.287 e. The molecule has 2 aromatic rings. The topological polar surface area (TPSA) is 133 Å². The highest BCUT2D eigenvalue weighted by atomic mass is 32.2. The Kier molecular flexibility index (Phi) is 8.59. The number of amides is 3. The zero-order valence-electron chi connectivity index (χ0n) is 15.6. The highest BCUT2D eigenvalue weighted by Gasteiger charge is 2.22. The van der Waals surface area contributed by atoms with E-state index in [1.165, 1.54) is 24.1 Å². The van der Waals surface area contributed by atoms with Crippen molar-refractivity contribution in [1.82, 2.24) is 16.2 Å². The van der Waals surface area contributed by atoms with Gasteiger partial charge in [-0.05, 0) is 54.8 Å². The van der Waals surface area contributed by atoms with Gasteiger partial charge in [0, 0.05) is 0 Å². The van der Waals surface area contributed by atoms with Gasteiger partial charge in [0.2, 0.25) is 0 Å². The van der Waals surface area contributed by atoms with Crippen LogP contribution in [0.1, 0.15) is 22.5 Å². The van der Waals surface area contributed by atoms with Crippen LogP contribution in [0.15, 0.2) is 47.1 Å². The number of nitriles is 1. The molecule has 152 valence electrons. The molecule has 1 unspecified atom stereocenters. The SMILES string of the molecule is CSCCC(NC(=O)c1ccco1)C(=O)NNC(=O)COc1ccc(C#N)cc1. The third-order valence-corrected chi connectivity index (χ3v) is 4.30. The van der Waals surface area contributed by atoms with E-state index in [0.717, 1.165) is 0 Å². The molecule has 0 radical (unpaired) electrons. The second kappa shape index (κ2) is 11.4. The number of hydrogen-bond donors (Lipinski definition) is 3. The van der Waals surface area contributed by atoms with Crippen LogP contribution in [0, 0.1) is 11.3 Å². The van der Waals surface area contributed by atoms with Crippen LogP contribution in [0.4, 0.5) is 0 Å². The summed E-state index contributed by atoms with van der Waals surface area (Å²) in [6.45, 7) is -0.333. The summed E-state index contributed by atoms with van der Waals surface area (Å²) in [5, 5.41) is 11.3. The van der Waals surface area contributed by atoms with E-state index in [9.17, 15) is 14.4 Å². The standard InChI is InChI=1S/C19H20N4O5S/c1-29-10-8-15(21-19(26)16-3-2-9-27-16)18(25)23-22-17(24)12-28-14-6-4-13(11-20)5-7-14/h2-7,9,15H,8,10,12H2,1H3,(H,21,26)(H,22,24)(H,23,25). The second-order valence-corrected chi connectivity index (χ2v) is 6.73. The van der Waals surface area contributed by atoms with Crippen LogP contribution in [-0.2, 0) is 9.59 Å². The summed E-state index contributed by atoms with van der Waals surface area (Å²) < 4.78 is 10.3. The summed E-state index contributed by atoms with van der Waals surface area (Å²) in [6, 6.07) is 10.4. The first-order chi connectivity index (χ1) is 14.0. The van der Waals surface area contributed by atoms with Crippen molar-refractivity contribution in [3.8, 4) is 11.8 Å². The van der Waals surface area contributed by atoms with Crippen LogP contribution in [-0.4, -0.2) is 42.4 Å². The van der Waals surface area contributed by atoms with Crippen molar-refractivity contribution in [3.63, 3.8) is 0 Å². The van der Waals surface area contributed by atoms with Crippen LogP contribution >= 0.6 is 11.8 Å². The van der Waals surface area contributed by atoms with Gasteiger partial charge in [0.25, 0.3) is 17.7 Å². The van der Waals surface area contributed by atoms with Crippen LogP contribution in [0.5, 0.6) is 5.75 Å². The van der Waals surface area contributed by atoms with Crippen molar-refractivity contribution >= 4 is 29.5 Å². The number of rotatable bonds is 9. The molecule has 29 heavy (non-hydrogen) atoms. The van der Waals surface area contributed by atoms with Gasteiger partial charge in [-0.15, -0.1) is 0 Å². The Hall–Kier alpha value is -3.45. The fourth-order valence-electron chi connectivity index (χ4n) is 2.17. The third kappa shape index (κ3) is 7.23. The average molecular weight is 416 g/mol. The molecule has 0 aliphatic carbocycles. The first-order valence-corrected chi connectivity index (χ1v) is 9.98. The molecule has 0 fully saturated rings. The highest BCUT2D eigenvalue weighted by molar-refractivity contribution is 7.98. The van der Waals surface area contributed by atoms with Crippen molar-refractivity contribution < 1.29 is 23.5 Å². The van der Waals surface area contributed by atoms with Crippen LogP contribution in [0.2, 0.25) is 0 Å². The van der Waals surface area contributed by atoms with E-state index in [0.29, 0.717) is 23.5 Å². The molecule has 1 heterocycles. The quantitative estimate of drug-likeness (QED) is 0.524. The molecule has 3 amide bonds. The van der Waals surface area contributed by atoms with Crippen LogP contribution in [0.3, 0.4) is 0 Å². The van der Waals surface area contributed by atoms with Crippen molar-refractivity contribution in [2.45, 2.75) is 12.5 Å². The second-order valence-electron chi connectivity index (χ2n) is 5.75. The summed E-state index contributed by atoms with van der Waals surface area (Å²) in [4.78, 5) is 36.3. The fourth-order valence-corrected chi connectivity index (χ4v) is 2.64. The highest BCUT2D eigenvalue weighted by Crippen LogP contribution is 2.11. The van der Waals surface area contributed by atoms with Gasteiger partial charge in [-0.3, -0.25) is 25.2 Å². The van der Waals surface area contributed by atoms with Gasteiger partial charge in [0.15, 0.2) is 12.4 Å². The summed E-state index contributed by atoms with van der Waals surface area (Å²) >= 11 is 1.52. The smallest absolute Gasteiger partial charge is 0.287 e. The fraction of sp³-hybridized carbons (Fsp3) is 0.263. The molecule has 0 aliphatic heterocycles. The lowest BCUT2D eigenvalue weighted by atomic mass is 10.2. The third-order valence-electron chi connectivity index (χ3n) is 3.66. The molecule has 10 heteroatoms. The van der Waals surface area contributed by atoms with Gasteiger partial charge >= 0.3 is 0 Å². The van der Waals surface area contributed by atoms with Crippen LogP contribution < -0.4 is 20.9 Å². The first-order valence-electron chi connectivity index (χ1n) is 8.58. The number of hydrogen-bond acceptors (Lipinski definition) is 7. The largest absolute Gasteiger partial charge is 0.484 e. The van der Waals surface area contributed by atoms with Crippen molar-refractivity contribution in [2.75, 3.05) is 18.6 Å². The average Bonchev–Trinajstić information content (AvgIpc) is 3.28. The number of thioether (sulfide) groups is 1. The Bertz CT molecular complexity index is 862. The molecule has 3 N–H and O–H groups in total. The van der Waals surface area contributed by atoms with Gasteiger partial charge in [-0.1, -0.05) is 0 Å². The Morgan fingerprint density at radius 2 is 1.97 bits per heavy atom. The Morgan fingerprint density at radius 1 is 1.21 bits per heavy atom. The van der Waals surface area contributed by atoms with E-state index in [-0.39, 0.29) is 12.4 Å².